The summed E-state index contributed by atoms with van der Waals surface area (Å²) in [6.07, 6.45) is -0.928. The first-order chi connectivity index (χ1) is 12.4. The van der Waals surface area contributed by atoms with Crippen LogP contribution in [0.15, 0.2) is 30.7 Å². The fourth-order valence-electron chi connectivity index (χ4n) is 1.98. The lowest BCUT2D eigenvalue weighted by Crippen LogP contribution is -2.41. The number of hydrogen-bond donors (Lipinski definition) is 2. The molecule has 0 bridgehead atoms. The van der Waals surface area contributed by atoms with Crippen molar-refractivity contribution in [1.29, 1.82) is 0 Å². The third-order valence-electron chi connectivity index (χ3n) is 3.22. The second-order valence-electron chi connectivity index (χ2n) is 5.34. The highest BCUT2D eigenvalue weighted by Gasteiger charge is 2.35. The van der Waals surface area contributed by atoms with Crippen LogP contribution in [0.25, 0.3) is 5.69 Å². The molecule has 0 radical (unpaired) electrons. The maximum atomic E-state index is 12.2. The summed E-state index contributed by atoms with van der Waals surface area (Å²) < 4.78 is 62.8. The quantitative estimate of drug-likeness (QED) is 0.514. The van der Waals surface area contributed by atoms with Crippen molar-refractivity contribution in [1.82, 2.24) is 14.5 Å². The molecule has 9 nitrogen and oxygen atoms in total. The van der Waals surface area contributed by atoms with Gasteiger partial charge in [0.2, 0.25) is 28.3 Å². The lowest BCUT2D eigenvalue weighted by atomic mass is 10.4. The Labute approximate surface area is 156 Å². The van der Waals surface area contributed by atoms with E-state index in [9.17, 15) is 31.6 Å². The van der Waals surface area contributed by atoms with Crippen molar-refractivity contribution in [2.24, 2.45) is 0 Å². The molecule has 14 heteroatoms. The highest BCUT2D eigenvalue weighted by Crippen LogP contribution is 2.25. The number of anilines is 1. The predicted molar refractivity (Wildman–Crippen MR) is 87.2 cm³/mol. The molecule has 2 rings (SSSR count). The summed E-state index contributed by atoms with van der Waals surface area (Å²) in [5.41, 5.74) is 0.491. The number of sulfonamides is 1. The molecule has 0 saturated heterocycles. The van der Waals surface area contributed by atoms with E-state index in [1.165, 1.54) is 36.4 Å². The summed E-state index contributed by atoms with van der Waals surface area (Å²) in [7, 11) is -3.45. The Hall–Kier alpha value is -2.38. The normalized spacial score (nSPS) is 12.2. The van der Waals surface area contributed by atoms with Gasteiger partial charge in [0.1, 0.15) is 11.4 Å². The molecule has 27 heavy (non-hydrogen) atoms. The summed E-state index contributed by atoms with van der Waals surface area (Å²) in [6, 6.07) is 3.11. The van der Waals surface area contributed by atoms with Gasteiger partial charge in [0.25, 0.3) is 0 Å². The van der Waals surface area contributed by atoms with Gasteiger partial charge in [-0.25, -0.2) is 17.8 Å². The number of amides is 1. The molecule has 1 amide bonds. The van der Waals surface area contributed by atoms with Gasteiger partial charge in [-0.3, -0.25) is 10.0 Å². The molecular formula is C13H14ClF3N5O4S+. The number of likely N-dealkylation sites (N-methyl/N-ethyl adjacent to an activating group) is 1. The Morgan fingerprint density at radius 3 is 2.74 bits per heavy atom. The maximum absolute atomic E-state index is 12.2. The number of carbonyl (C=O) groups excluding carboxylic acids is 1. The summed E-state index contributed by atoms with van der Waals surface area (Å²) in [5.74, 6) is -2.95. The molecule has 0 aliphatic heterocycles. The van der Waals surface area contributed by atoms with Crippen molar-refractivity contribution < 1.29 is 36.3 Å². The van der Waals surface area contributed by atoms with Gasteiger partial charge in [0, 0.05) is 17.8 Å². The van der Waals surface area contributed by atoms with Crippen molar-refractivity contribution >= 4 is 33.2 Å². The Morgan fingerprint density at radius 1 is 1.48 bits per heavy atom. The van der Waals surface area contributed by atoms with Gasteiger partial charge in [-0.05, 0) is 6.07 Å². The molecule has 2 aromatic heterocycles. The minimum absolute atomic E-state index is 0.0880. The van der Waals surface area contributed by atoms with Gasteiger partial charge in [0.05, 0.1) is 12.7 Å². The van der Waals surface area contributed by atoms with Crippen molar-refractivity contribution in [3.05, 3.63) is 35.9 Å². The number of carbonyl (C=O) groups is 1. The molecule has 2 aromatic rings. The molecule has 148 valence electrons. The fourth-order valence-corrected chi connectivity index (χ4v) is 3.11. The largest absolute Gasteiger partial charge is 0.404 e. The molecule has 2 heterocycles. The lowest BCUT2D eigenvalue weighted by molar-refractivity contribution is -0.904. The van der Waals surface area contributed by atoms with Gasteiger partial charge in [-0.2, -0.15) is 18.3 Å². The molecule has 0 aliphatic carbocycles. The number of rotatable bonds is 6. The number of nitrogens with zero attached hydrogens (tertiary/aromatic N) is 4. The van der Waals surface area contributed by atoms with Crippen LogP contribution in [0.4, 0.5) is 18.9 Å². The maximum Gasteiger partial charge on any atom is 0.404 e. The van der Waals surface area contributed by atoms with Crippen LogP contribution in [0.1, 0.15) is 0 Å². The highest BCUT2D eigenvalue weighted by atomic mass is 35.5. The van der Waals surface area contributed by atoms with E-state index >= 15 is 0 Å². The first-order valence-electron chi connectivity index (χ1n) is 7.15. The highest BCUT2D eigenvalue weighted by molar-refractivity contribution is 7.89. The van der Waals surface area contributed by atoms with Crippen molar-refractivity contribution in [3.63, 3.8) is 0 Å². The summed E-state index contributed by atoms with van der Waals surface area (Å²) in [5, 5.41) is 13.3. The van der Waals surface area contributed by atoms with Crippen LogP contribution in [0.2, 0.25) is 5.15 Å². The van der Waals surface area contributed by atoms with Crippen LogP contribution in [0.3, 0.4) is 0 Å². The van der Waals surface area contributed by atoms with Gasteiger partial charge in [0.15, 0.2) is 10.9 Å². The summed E-state index contributed by atoms with van der Waals surface area (Å²) in [6.45, 7) is -0.890. The number of pyridine rings is 1. The Bertz CT molecular complexity index is 948. The molecule has 0 saturated carbocycles. The zero-order chi connectivity index (χ0) is 20.4. The number of aromatic nitrogens is 3. The SMILES string of the molecule is CN(C(=O)CNS(=O)(=O)CC(F)(F)F)c1cn(-c2ccc[n+](O)c2)nc1Cl. The number of alkyl halides is 3. The third kappa shape index (κ3) is 5.80. The van der Waals surface area contributed by atoms with Crippen LogP contribution in [-0.4, -0.2) is 54.8 Å². The first-order valence-corrected chi connectivity index (χ1v) is 9.18. The van der Waals surface area contributed by atoms with E-state index in [0.717, 1.165) is 9.63 Å². The molecule has 0 spiro atoms. The number of halogens is 4. The minimum Gasteiger partial charge on any atom is -0.310 e. The number of hydrogen-bond acceptors (Lipinski definition) is 5. The molecular weight excluding hydrogens is 415 g/mol. The van der Waals surface area contributed by atoms with Gasteiger partial charge in [-0.1, -0.05) is 11.6 Å². The van der Waals surface area contributed by atoms with Gasteiger partial charge >= 0.3 is 6.18 Å². The van der Waals surface area contributed by atoms with E-state index in [1.807, 2.05) is 0 Å². The standard InChI is InChI=1S/C13H14ClF3N5O4S/c1-20(11(23)5-18-27(25,26)8-13(15,16)17)10-7-22(19-12(10)14)9-3-2-4-21(24)6-9/h2-4,6-7,18,24H,5,8H2,1H3/q+1. The van der Waals surface area contributed by atoms with Gasteiger partial charge < -0.3 is 4.90 Å². The fraction of sp³-hybridized carbons (Fsp3) is 0.308. The summed E-state index contributed by atoms with van der Waals surface area (Å²) in [4.78, 5) is 13.0. The van der Waals surface area contributed by atoms with Crippen LogP contribution >= 0.6 is 11.6 Å². The lowest BCUT2D eigenvalue weighted by Gasteiger charge is -2.16. The smallest absolute Gasteiger partial charge is 0.310 e. The number of nitrogens with one attached hydrogen (secondary N) is 1. The van der Waals surface area contributed by atoms with E-state index in [0.29, 0.717) is 5.69 Å². The van der Waals surface area contributed by atoms with Crippen molar-refractivity contribution in [3.8, 4) is 5.69 Å². The second-order valence-corrected chi connectivity index (χ2v) is 7.50. The van der Waals surface area contributed by atoms with Crippen LogP contribution in [0.5, 0.6) is 0 Å². The van der Waals surface area contributed by atoms with E-state index < -0.39 is 34.4 Å². The first kappa shape index (κ1) is 20.9. The monoisotopic (exact) mass is 428 g/mol. The van der Waals surface area contributed by atoms with E-state index in [4.69, 9.17) is 11.6 Å². The Morgan fingerprint density at radius 2 is 2.15 bits per heavy atom. The van der Waals surface area contributed by atoms with Gasteiger partial charge in [-0.15, -0.1) is 0 Å². The molecule has 0 fully saturated rings. The van der Waals surface area contributed by atoms with E-state index in [-0.39, 0.29) is 10.8 Å². The average molecular weight is 429 g/mol. The molecule has 0 unspecified atom stereocenters. The molecule has 0 atom stereocenters. The van der Waals surface area contributed by atoms with E-state index in [1.54, 1.807) is 10.8 Å². The molecule has 2 N–H and O–H groups in total. The van der Waals surface area contributed by atoms with E-state index in [2.05, 4.69) is 5.10 Å². The Kier molecular flexibility index (Phi) is 5.97. The van der Waals surface area contributed by atoms with Crippen molar-refractivity contribution in [2.45, 2.75) is 6.18 Å². The third-order valence-corrected chi connectivity index (χ3v) is 4.78. The topological polar surface area (TPSA) is 108 Å². The molecule has 0 aliphatic rings. The van der Waals surface area contributed by atoms with Crippen molar-refractivity contribution in [2.75, 3.05) is 24.2 Å². The Balaban J connectivity index is 2.11. The predicted octanol–water partition coefficient (Wildman–Crippen LogP) is 0.495. The zero-order valence-electron chi connectivity index (χ0n) is 13.7. The molecule has 0 aromatic carbocycles. The summed E-state index contributed by atoms with van der Waals surface area (Å²) >= 11 is 5.97. The second kappa shape index (κ2) is 7.70. The average Bonchev–Trinajstić information content (AvgIpc) is 2.91. The van der Waals surface area contributed by atoms with Crippen LogP contribution in [-0.2, 0) is 14.8 Å². The zero-order valence-corrected chi connectivity index (χ0v) is 15.3. The minimum atomic E-state index is -4.93. The van der Waals surface area contributed by atoms with Crippen LogP contribution < -0.4 is 14.4 Å². The van der Waals surface area contributed by atoms with Crippen LogP contribution in [0, 0.1) is 0 Å².